The van der Waals surface area contributed by atoms with Gasteiger partial charge in [0, 0.05) is 19.0 Å². The highest BCUT2D eigenvalue weighted by Gasteiger charge is 2.22. The van der Waals surface area contributed by atoms with Crippen molar-refractivity contribution in [1.82, 2.24) is 4.90 Å². The number of rotatable bonds is 8. The zero-order chi connectivity index (χ0) is 18.9. The van der Waals surface area contributed by atoms with E-state index in [0.717, 1.165) is 30.8 Å². The highest BCUT2D eigenvalue weighted by molar-refractivity contribution is 5.93. The Morgan fingerprint density at radius 1 is 1.11 bits per heavy atom. The van der Waals surface area contributed by atoms with Gasteiger partial charge in [-0.1, -0.05) is 55.0 Å². The fraction of sp³-hybridized carbons (Fsp3) is 0.375. The topological polar surface area (TPSA) is 29.5 Å². The van der Waals surface area contributed by atoms with Crippen LogP contribution in [0.15, 0.2) is 60.7 Å². The summed E-state index contributed by atoms with van der Waals surface area (Å²) < 4.78 is 5.16. The number of carbonyl (C=O) groups excluding carboxylic acids is 1. The molecule has 27 heavy (non-hydrogen) atoms. The molecule has 1 heterocycles. The lowest BCUT2D eigenvalue weighted by Gasteiger charge is -2.35. The molecule has 1 aliphatic rings. The van der Waals surface area contributed by atoms with Gasteiger partial charge in [-0.25, -0.2) is 0 Å². The van der Waals surface area contributed by atoms with Crippen molar-refractivity contribution in [1.29, 1.82) is 0 Å². The van der Waals surface area contributed by atoms with Gasteiger partial charge in [-0.05, 0) is 55.1 Å². The summed E-state index contributed by atoms with van der Waals surface area (Å²) in [7, 11) is 1.65. The maximum Gasteiger partial charge on any atom is 0.156 e. The number of hydrogen-bond acceptors (Lipinski definition) is 3. The molecule has 142 valence electrons. The molecule has 0 amide bonds. The average Bonchev–Trinajstić information content (AvgIpc) is 2.73. The van der Waals surface area contributed by atoms with E-state index in [0.29, 0.717) is 12.5 Å². The second kappa shape index (κ2) is 10.1. The van der Waals surface area contributed by atoms with Crippen LogP contribution < -0.4 is 4.74 Å². The van der Waals surface area contributed by atoms with Crippen LogP contribution in [-0.2, 0) is 11.2 Å². The van der Waals surface area contributed by atoms with Crippen LogP contribution in [0.25, 0.3) is 6.08 Å². The van der Waals surface area contributed by atoms with Gasteiger partial charge in [-0.3, -0.25) is 9.69 Å². The molecule has 1 saturated heterocycles. The maximum atomic E-state index is 12.3. The maximum absolute atomic E-state index is 12.3. The summed E-state index contributed by atoms with van der Waals surface area (Å²) in [6.07, 6.45) is 9.01. The van der Waals surface area contributed by atoms with Crippen LogP contribution in [0.4, 0.5) is 0 Å². The molecule has 0 spiro atoms. The smallest absolute Gasteiger partial charge is 0.156 e. The minimum absolute atomic E-state index is 0.190. The zero-order valence-corrected chi connectivity index (χ0v) is 16.1. The normalized spacial score (nSPS) is 17.9. The van der Waals surface area contributed by atoms with Crippen molar-refractivity contribution in [3.8, 4) is 5.75 Å². The Morgan fingerprint density at radius 2 is 1.89 bits per heavy atom. The Kier molecular flexibility index (Phi) is 7.23. The molecule has 1 atom stereocenters. The van der Waals surface area contributed by atoms with Crippen LogP contribution in [0.3, 0.4) is 0 Å². The number of benzene rings is 2. The van der Waals surface area contributed by atoms with Gasteiger partial charge in [0.05, 0.1) is 7.11 Å². The molecule has 2 aromatic rings. The monoisotopic (exact) mass is 363 g/mol. The van der Waals surface area contributed by atoms with E-state index in [9.17, 15) is 4.79 Å². The van der Waals surface area contributed by atoms with E-state index in [4.69, 9.17) is 4.74 Å². The van der Waals surface area contributed by atoms with E-state index < -0.39 is 0 Å². The predicted molar refractivity (Wildman–Crippen MR) is 111 cm³/mol. The predicted octanol–water partition coefficient (Wildman–Crippen LogP) is 4.76. The van der Waals surface area contributed by atoms with Crippen molar-refractivity contribution in [3.63, 3.8) is 0 Å². The SMILES string of the molecule is COc1ccc(C=CC(=O)CCN2CCCCC2Cc2ccccc2)cc1. The van der Waals surface area contributed by atoms with Gasteiger partial charge in [0.15, 0.2) is 5.78 Å². The van der Waals surface area contributed by atoms with E-state index in [1.807, 2.05) is 30.3 Å². The van der Waals surface area contributed by atoms with Crippen LogP contribution >= 0.6 is 0 Å². The van der Waals surface area contributed by atoms with Crippen molar-refractivity contribution < 1.29 is 9.53 Å². The number of ketones is 1. The molecule has 1 fully saturated rings. The van der Waals surface area contributed by atoms with Crippen LogP contribution in [0.2, 0.25) is 0 Å². The molecule has 0 radical (unpaired) electrons. The summed E-state index contributed by atoms with van der Waals surface area (Å²) in [5, 5.41) is 0. The van der Waals surface area contributed by atoms with Crippen LogP contribution in [0, 0.1) is 0 Å². The number of carbonyl (C=O) groups is 1. The molecule has 0 aliphatic carbocycles. The Labute approximate surface area is 162 Å². The van der Waals surface area contributed by atoms with E-state index in [1.165, 1.54) is 24.8 Å². The number of piperidine rings is 1. The van der Waals surface area contributed by atoms with Crippen LogP contribution in [0.1, 0.15) is 36.8 Å². The van der Waals surface area contributed by atoms with Crippen molar-refractivity contribution >= 4 is 11.9 Å². The van der Waals surface area contributed by atoms with Gasteiger partial charge in [-0.2, -0.15) is 0 Å². The molecule has 0 N–H and O–H groups in total. The summed E-state index contributed by atoms with van der Waals surface area (Å²) in [6, 6.07) is 19.0. The molecule has 3 nitrogen and oxygen atoms in total. The molecule has 2 aromatic carbocycles. The molecule has 3 heteroatoms. The Hall–Kier alpha value is -2.39. The summed E-state index contributed by atoms with van der Waals surface area (Å²) in [5.41, 5.74) is 2.41. The highest BCUT2D eigenvalue weighted by atomic mass is 16.5. The van der Waals surface area contributed by atoms with Gasteiger partial charge in [0.25, 0.3) is 0 Å². The first-order valence-electron chi connectivity index (χ1n) is 9.87. The lowest BCUT2D eigenvalue weighted by Crippen LogP contribution is -2.41. The van der Waals surface area contributed by atoms with Gasteiger partial charge >= 0.3 is 0 Å². The van der Waals surface area contributed by atoms with Gasteiger partial charge in [0.2, 0.25) is 0 Å². The summed E-state index contributed by atoms with van der Waals surface area (Å²) in [4.78, 5) is 14.8. The standard InChI is InChI=1S/C24H29NO2/c1-27-24-14-11-20(12-15-24)10-13-23(26)16-18-25-17-6-5-9-22(25)19-21-7-3-2-4-8-21/h2-4,7-8,10-15,22H,5-6,9,16-19H2,1H3. The largest absolute Gasteiger partial charge is 0.497 e. The fourth-order valence-electron chi connectivity index (χ4n) is 3.71. The molecule has 3 rings (SSSR count). The van der Waals surface area contributed by atoms with E-state index in [-0.39, 0.29) is 5.78 Å². The van der Waals surface area contributed by atoms with Crippen molar-refractivity contribution in [2.45, 2.75) is 38.1 Å². The summed E-state index contributed by atoms with van der Waals surface area (Å²) >= 11 is 0. The quantitative estimate of drug-likeness (QED) is 0.633. The molecular formula is C24H29NO2. The molecule has 0 bridgehead atoms. The van der Waals surface area contributed by atoms with Crippen molar-refractivity contribution in [2.75, 3.05) is 20.2 Å². The minimum atomic E-state index is 0.190. The third kappa shape index (κ3) is 6.07. The van der Waals surface area contributed by atoms with E-state index >= 15 is 0 Å². The lowest BCUT2D eigenvalue weighted by atomic mass is 9.95. The van der Waals surface area contributed by atoms with Gasteiger partial charge in [0.1, 0.15) is 5.75 Å². The lowest BCUT2D eigenvalue weighted by molar-refractivity contribution is -0.115. The number of methoxy groups -OCH3 is 1. The summed E-state index contributed by atoms with van der Waals surface area (Å²) in [5.74, 6) is 1.02. The Morgan fingerprint density at radius 3 is 2.63 bits per heavy atom. The first-order valence-corrected chi connectivity index (χ1v) is 9.87. The third-order valence-electron chi connectivity index (χ3n) is 5.29. The molecule has 0 aromatic heterocycles. The van der Waals surface area contributed by atoms with E-state index in [1.54, 1.807) is 13.2 Å². The second-order valence-electron chi connectivity index (χ2n) is 7.20. The molecule has 1 aliphatic heterocycles. The first-order chi connectivity index (χ1) is 13.2. The molecule has 0 saturated carbocycles. The fourth-order valence-corrected chi connectivity index (χ4v) is 3.71. The minimum Gasteiger partial charge on any atom is -0.497 e. The Bertz CT molecular complexity index is 737. The number of allylic oxidation sites excluding steroid dienone is 1. The highest BCUT2D eigenvalue weighted by Crippen LogP contribution is 2.21. The van der Waals surface area contributed by atoms with Crippen molar-refractivity contribution in [3.05, 3.63) is 71.8 Å². The zero-order valence-electron chi connectivity index (χ0n) is 16.1. The Balaban J connectivity index is 1.50. The number of nitrogens with zero attached hydrogens (tertiary/aromatic N) is 1. The van der Waals surface area contributed by atoms with Crippen LogP contribution in [0.5, 0.6) is 5.75 Å². The average molecular weight is 364 g/mol. The first kappa shape index (κ1) is 19.4. The van der Waals surface area contributed by atoms with Gasteiger partial charge < -0.3 is 4.74 Å². The third-order valence-corrected chi connectivity index (χ3v) is 5.29. The summed E-state index contributed by atoms with van der Waals surface area (Å²) in [6.45, 7) is 1.95. The second-order valence-corrected chi connectivity index (χ2v) is 7.20. The number of ether oxygens (including phenoxy) is 1. The van der Waals surface area contributed by atoms with Crippen molar-refractivity contribution in [2.24, 2.45) is 0 Å². The molecular weight excluding hydrogens is 334 g/mol. The van der Waals surface area contributed by atoms with Crippen LogP contribution in [-0.4, -0.2) is 36.9 Å². The van der Waals surface area contributed by atoms with Gasteiger partial charge in [-0.15, -0.1) is 0 Å². The number of hydrogen-bond donors (Lipinski definition) is 0. The number of likely N-dealkylation sites (tertiary alicyclic amines) is 1. The van der Waals surface area contributed by atoms with E-state index in [2.05, 4.69) is 35.2 Å². The molecule has 1 unspecified atom stereocenters.